The minimum Gasteiger partial charge on any atom is -0.393 e. The van der Waals surface area contributed by atoms with E-state index in [4.69, 9.17) is 0 Å². The lowest BCUT2D eigenvalue weighted by Gasteiger charge is -2.39. The van der Waals surface area contributed by atoms with Gasteiger partial charge in [0.1, 0.15) is 0 Å². The second-order valence-electron chi connectivity index (χ2n) is 5.64. The number of hydrogen-bond acceptors (Lipinski definition) is 3. The van der Waals surface area contributed by atoms with Gasteiger partial charge in [0.05, 0.1) is 11.5 Å². The fraction of sp³-hybridized carbons (Fsp3) is 0.929. The van der Waals surface area contributed by atoms with Gasteiger partial charge >= 0.3 is 0 Å². The highest BCUT2D eigenvalue weighted by Gasteiger charge is 2.40. The molecule has 0 spiro atoms. The summed E-state index contributed by atoms with van der Waals surface area (Å²) in [4.78, 5) is 14.5. The van der Waals surface area contributed by atoms with E-state index in [1.807, 2.05) is 11.9 Å². The van der Waals surface area contributed by atoms with Gasteiger partial charge in [0, 0.05) is 13.6 Å². The van der Waals surface area contributed by atoms with Crippen LogP contribution in [0.5, 0.6) is 0 Å². The second-order valence-corrected chi connectivity index (χ2v) is 5.64. The number of nitrogens with zero attached hydrogens (tertiary/aromatic N) is 1. The molecule has 0 bridgehead atoms. The summed E-state index contributed by atoms with van der Waals surface area (Å²) in [6, 6.07) is 0. The van der Waals surface area contributed by atoms with Gasteiger partial charge < -0.3 is 15.3 Å². The van der Waals surface area contributed by atoms with E-state index in [0.717, 1.165) is 38.8 Å². The van der Waals surface area contributed by atoms with Crippen molar-refractivity contribution < 1.29 is 9.90 Å². The summed E-state index contributed by atoms with van der Waals surface area (Å²) in [6.07, 6.45) is 4.23. The Morgan fingerprint density at radius 1 is 1.44 bits per heavy atom. The van der Waals surface area contributed by atoms with Crippen LogP contribution in [0.3, 0.4) is 0 Å². The quantitative estimate of drug-likeness (QED) is 0.755. The standard InChI is InChI=1S/C14H28N2O2/c1-4-6-14(7-9-15-10-8-14)13(18)16(3)11-5-12(2)17/h12,15,17H,4-11H2,1-3H3. The highest BCUT2D eigenvalue weighted by Crippen LogP contribution is 2.35. The third-order valence-corrected chi connectivity index (χ3v) is 3.97. The van der Waals surface area contributed by atoms with Gasteiger partial charge in [0.25, 0.3) is 0 Å². The smallest absolute Gasteiger partial charge is 0.228 e. The summed E-state index contributed by atoms with van der Waals surface area (Å²) in [7, 11) is 1.87. The van der Waals surface area contributed by atoms with Gasteiger partial charge in [0.2, 0.25) is 5.91 Å². The topological polar surface area (TPSA) is 52.6 Å². The van der Waals surface area contributed by atoms with Gasteiger partial charge in [0.15, 0.2) is 0 Å². The van der Waals surface area contributed by atoms with E-state index >= 15 is 0 Å². The van der Waals surface area contributed by atoms with Gasteiger partial charge in [-0.15, -0.1) is 0 Å². The van der Waals surface area contributed by atoms with Crippen LogP contribution < -0.4 is 5.32 Å². The molecule has 0 saturated carbocycles. The third-order valence-electron chi connectivity index (χ3n) is 3.97. The predicted molar refractivity (Wildman–Crippen MR) is 73.4 cm³/mol. The number of rotatable bonds is 6. The van der Waals surface area contributed by atoms with Gasteiger partial charge in [-0.3, -0.25) is 4.79 Å². The number of carbonyl (C=O) groups is 1. The number of aliphatic hydroxyl groups excluding tert-OH is 1. The van der Waals surface area contributed by atoms with Crippen LogP contribution in [0.25, 0.3) is 0 Å². The lowest BCUT2D eigenvalue weighted by molar-refractivity contribution is -0.143. The Hall–Kier alpha value is -0.610. The van der Waals surface area contributed by atoms with E-state index in [2.05, 4.69) is 12.2 Å². The number of amides is 1. The minimum atomic E-state index is -0.338. The van der Waals surface area contributed by atoms with E-state index in [1.165, 1.54) is 0 Å². The molecule has 0 aromatic heterocycles. The van der Waals surface area contributed by atoms with Crippen LogP contribution in [0.2, 0.25) is 0 Å². The molecule has 1 heterocycles. The molecule has 1 saturated heterocycles. The minimum absolute atomic E-state index is 0.159. The van der Waals surface area contributed by atoms with Crippen LogP contribution in [-0.4, -0.2) is 48.7 Å². The van der Waals surface area contributed by atoms with Crippen molar-refractivity contribution in [3.63, 3.8) is 0 Å². The zero-order chi connectivity index (χ0) is 13.6. The van der Waals surface area contributed by atoms with E-state index in [1.54, 1.807) is 6.92 Å². The Labute approximate surface area is 111 Å². The molecule has 4 nitrogen and oxygen atoms in total. The molecular weight excluding hydrogens is 228 g/mol. The predicted octanol–water partition coefficient (Wildman–Crippen LogP) is 1.39. The van der Waals surface area contributed by atoms with Crippen molar-refractivity contribution in [1.82, 2.24) is 10.2 Å². The first-order chi connectivity index (χ1) is 8.52. The number of hydrogen-bond donors (Lipinski definition) is 2. The largest absolute Gasteiger partial charge is 0.393 e. The summed E-state index contributed by atoms with van der Waals surface area (Å²) >= 11 is 0. The van der Waals surface area contributed by atoms with E-state index in [0.29, 0.717) is 13.0 Å². The van der Waals surface area contributed by atoms with Crippen molar-refractivity contribution in [1.29, 1.82) is 0 Å². The van der Waals surface area contributed by atoms with Crippen LogP contribution in [0.4, 0.5) is 0 Å². The molecule has 0 aromatic rings. The average molecular weight is 256 g/mol. The summed E-state index contributed by atoms with van der Waals surface area (Å²) in [5.74, 6) is 0.270. The first-order valence-electron chi connectivity index (χ1n) is 7.16. The Balaban J connectivity index is 2.63. The molecule has 0 radical (unpaired) electrons. The molecule has 18 heavy (non-hydrogen) atoms. The molecule has 4 heteroatoms. The summed E-state index contributed by atoms with van der Waals surface area (Å²) < 4.78 is 0. The number of carbonyl (C=O) groups excluding carboxylic acids is 1. The molecule has 0 aromatic carbocycles. The van der Waals surface area contributed by atoms with Crippen molar-refractivity contribution in [2.75, 3.05) is 26.7 Å². The van der Waals surface area contributed by atoms with E-state index in [9.17, 15) is 9.90 Å². The van der Waals surface area contributed by atoms with Crippen molar-refractivity contribution in [3.8, 4) is 0 Å². The van der Waals surface area contributed by atoms with Crippen LogP contribution in [0, 0.1) is 5.41 Å². The zero-order valence-corrected chi connectivity index (χ0v) is 12.0. The molecule has 1 amide bonds. The zero-order valence-electron chi connectivity index (χ0n) is 12.0. The van der Waals surface area contributed by atoms with Gasteiger partial charge in [-0.1, -0.05) is 13.3 Å². The third kappa shape index (κ3) is 3.95. The van der Waals surface area contributed by atoms with Crippen molar-refractivity contribution in [3.05, 3.63) is 0 Å². The molecule has 1 rings (SSSR count). The Morgan fingerprint density at radius 3 is 2.56 bits per heavy atom. The molecular formula is C14H28N2O2. The fourth-order valence-electron chi connectivity index (χ4n) is 2.84. The van der Waals surface area contributed by atoms with Crippen molar-refractivity contribution in [2.45, 2.75) is 52.1 Å². The van der Waals surface area contributed by atoms with Crippen molar-refractivity contribution >= 4 is 5.91 Å². The van der Waals surface area contributed by atoms with E-state index < -0.39 is 0 Å². The number of aliphatic hydroxyl groups is 1. The van der Waals surface area contributed by atoms with Gasteiger partial charge in [-0.25, -0.2) is 0 Å². The van der Waals surface area contributed by atoms with Crippen LogP contribution in [0.1, 0.15) is 46.0 Å². The summed E-state index contributed by atoms with van der Waals surface area (Å²) in [5, 5.41) is 12.6. The lowest BCUT2D eigenvalue weighted by atomic mass is 9.74. The highest BCUT2D eigenvalue weighted by atomic mass is 16.3. The lowest BCUT2D eigenvalue weighted by Crippen LogP contribution is -2.48. The summed E-state index contributed by atoms with van der Waals surface area (Å²) in [5.41, 5.74) is -0.159. The van der Waals surface area contributed by atoms with Crippen molar-refractivity contribution in [2.24, 2.45) is 5.41 Å². The SMILES string of the molecule is CCCC1(C(=O)N(C)CCC(C)O)CCNCC1. The molecule has 0 aliphatic carbocycles. The maximum absolute atomic E-state index is 12.6. The Bertz CT molecular complexity index is 255. The molecule has 1 atom stereocenters. The molecule has 106 valence electrons. The molecule has 1 unspecified atom stereocenters. The first kappa shape index (κ1) is 15.4. The summed E-state index contributed by atoms with van der Waals surface area (Å²) in [6.45, 7) is 6.44. The van der Waals surface area contributed by atoms with Crippen LogP contribution in [-0.2, 0) is 4.79 Å². The molecule has 2 N–H and O–H groups in total. The Kier molecular flexibility index (Phi) is 6.09. The maximum atomic E-state index is 12.6. The average Bonchev–Trinajstić information content (AvgIpc) is 2.36. The highest BCUT2D eigenvalue weighted by molar-refractivity contribution is 5.82. The monoisotopic (exact) mass is 256 g/mol. The normalized spacial score (nSPS) is 20.4. The number of piperidine rings is 1. The molecule has 1 aliphatic heterocycles. The van der Waals surface area contributed by atoms with E-state index in [-0.39, 0.29) is 17.4 Å². The first-order valence-corrected chi connectivity index (χ1v) is 7.16. The van der Waals surface area contributed by atoms with Crippen LogP contribution in [0.15, 0.2) is 0 Å². The van der Waals surface area contributed by atoms with Gasteiger partial charge in [-0.2, -0.15) is 0 Å². The second kappa shape index (κ2) is 7.10. The molecule has 1 aliphatic rings. The molecule has 1 fully saturated rings. The van der Waals surface area contributed by atoms with Crippen LogP contribution >= 0.6 is 0 Å². The van der Waals surface area contributed by atoms with Gasteiger partial charge in [-0.05, 0) is 45.7 Å². The maximum Gasteiger partial charge on any atom is 0.228 e. The number of nitrogens with one attached hydrogen (secondary N) is 1. The Morgan fingerprint density at radius 2 is 2.06 bits per heavy atom. The fourth-order valence-corrected chi connectivity index (χ4v) is 2.84.